The van der Waals surface area contributed by atoms with Crippen molar-refractivity contribution in [2.24, 2.45) is 0 Å². The first kappa shape index (κ1) is 20.0. The summed E-state index contributed by atoms with van der Waals surface area (Å²) in [6, 6.07) is 12.0. The summed E-state index contributed by atoms with van der Waals surface area (Å²) in [5.74, 6) is -1.94. The number of carbonyl (C=O) groups excluding carboxylic acids is 2. The van der Waals surface area contributed by atoms with Crippen molar-refractivity contribution in [3.8, 4) is 11.3 Å². The molecule has 148 valence electrons. The van der Waals surface area contributed by atoms with E-state index in [0.717, 1.165) is 6.07 Å². The van der Waals surface area contributed by atoms with Crippen molar-refractivity contribution < 1.29 is 28.1 Å². The topological polar surface area (TPSA) is 112 Å². The van der Waals surface area contributed by atoms with E-state index in [2.05, 4.69) is 5.32 Å². The maximum atomic E-state index is 13.0. The molecule has 0 bridgehead atoms. The first-order chi connectivity index (χ1) is 13.8. The molecule has 0 spiro atoms. The van der Waals surface area contributed by atoms with Gasteiger partial charge in [-0.2, -0.15) is 0 Å². The van der Waals surface area contributed by atoms with E-state index >= 15 is 0 Å². The number of anilines is 1. The number of nitro benzene ring substituents is 1. The number of benzene rings is 2. The fourth-order valence-corrected chi connectivity index (χ4v) is 2.53. The van der Waals surface area contributed by atoms with E-state index in [4.69, 9.17) is 20.8 Å². The molecule has 8 nitrogen and oxygen atoms in total. The summed E-state index contributed by atoms with van der Waals surface area (Å²) < 4.78 is 23.2. The highest BCUT2D eigenvalue weighted by atomic mass is 35.5. The Kier molecular flexibility index (Phi) is 5.89. The van der Waals surface area contributed by atoms with Crippen LogP contribution in [-0.4, -0.2) is 23.4 Å². The molecule has 0 fully saturated rings. The van der Waals surface area contributed by atoms with Crippen LogP contribution in [0.5, 0.6) is 0 Å². The standard InChI is InChI=1S/C19H12ClFN2O6/c20-12-3-6-14(15(9-12)23(26)27)22-18(24)10-28-19(25)17-8-7-16(29-17)11-1-4-13(21)5-2-11/h1-9H,10H2,(H,22,24). The third kappa shape index (κ3) is 4.96. The number of nitrogens with one attached hydrogen (secondary N) is 1. The van der Waals surface area contributed by atoms with Crippen LogP contribution in [0.15, 0.2) is 59.0 Å². The van der Waals surface area contributed by atoms with Gasteiger partial charge in [0, 0.05) is 16.7 Å². The summed E-state index contributed by atoms with van der Waals surface area (Å²) in [5, 5.41) is 13.4. The van der Waals surface area contributed by atoms with Gasteiger partial charge in [0.2, 0.25) is 5.76 Å². The van der Waals surface area contributed by atoms with Gasteiger partial charge in [-0.3, -0.25) is 14.9 Å². The Labute approximate surface area is 168 Å². The highest BCUT2D eigenvalue weighted by molar-refractivity contribution is 6.31. The summed E-state index contributed by atoms with van der Waals surface area (Å²) in [4.78, 5) is 34.3. The lowest BCUT2D eigenvalue weighted by Crippen LogP contribution is -2.21. The van der Waals surface area contributed by atoms with Crippen molar-refractivity contribution in [3.63, 3.8) is 0 Å². The number of nitrogens with zero attached hydrogens (tertiary/aromatic N) is 1. The van der Waals surface area contributed by atoms with Crippen molar-refractivity contribution in [2.45, 2.75) is 0 Å². The van der Waals surface area contributed by atoms with Crippen LogP contribution in [0.3, 0.4) is 0 Å². The molecule has 0 unspecified atom stereocenters. The Morgan fingerprint density at radius 3 is 2.55 bits per heavy atom. The van der Waals surface area contributed by atoms with Crippen molar-refractivity contribution in [1.29, 1.82) is 0 Å². The largest absolute Gasteiger partial charge is 0.450 e. The van der Waals surface area contributed by atoms with Gasteiger partial charge < -0.3 is 14.5 Å². The second-order valence-corrected chi connectivity index (χ2v) is 6.15. The number of carbonyl (C=O) groups is 2. The molecule has 0 aliphatic heterocycles. The van der Waals surface area contributed by atoms with E-state index in [1.54, 1.807) is 0 Å². The quantitative estimate of drug-likeness (QED) is 0.360. The molecule has 3 rings (SSSR count). The number of amides is 1. The van der Waals surface area contributed by atoms with Crippen molar-refractivity contribution >= 4 is 34.9 Å². The third-order valence-corrected chi connectivity index (χ3v) is 3.94. The van der Waals surface area contributed by atoms with E-state index in [1.807, 2.05) is 0 Å². The minimum absolute atomic E-state index is 0.0861. The van der Waals surface area contributed by atoms with Crippen LogP contribution in [0.4, 0.5) is 15.8 Å². The second kappa shape index (κ2) is 8.53. The highest BCUT2D eigenvalue weighted by Crippen LogP contribution is 2.27. The summed E-state index contributed by atoms with van der Waals surface area (Å²) >= 11 is 5.71. The molecule has 1 amide bonds. The molecule has 0 atom stereocenters. The van der Waals surface area contributed by atoms with Crippen molar-refractivity contribution in [2.75, 3.05) is 11.9 Å². The molecule has 2 aromatic carbocycles. The van der Waals surface area contributed by atoms with Gasteiger partial charge in [0.25, 0.3) is 11.6 Å². The van der Waals surface area contributed by atoms with Crippen LogP contribution < -0.4 is 5.32 Å². The minimum atomic E-state index is -0.904. The zero-order valence-corrected chi connectivity index (χ0v) is 15.3. The zero-order valence-electron chi connectivity index (χ0n) is 14.6. The summed E-state index contributed by atoms with van der Waals surface area (Å²) in [7, 11) is 0. The number of hydrogen-bond acceptors (Lipinski definition) is 6. The van der Waals surface area contributed by atoms with E-state index in [-0.39, 0.29) is 16.5 Å². The van der Waals surface area contributed by atoms with Gasteiger partial charge in [0.15, 0.2) is 6.61 Å². The molecule has 1 heterocycles. The van der Waals surface area contributed by atoms with Gasteiger partial charge in [-0.15, -0.1) is 0 Å². The monoisotopic (exact) mass is 418 g/mol. The van der Waals surface area contributed by atoms with Crippen LogP contribution in [0.25, 0.3) is 11.3 Å². The molecular formula is C19H12ClFN2O6. The molecule has 0 saturated carbocycles. The number of furan rings is 1. The second-order valence-electron chi connectivity index (χ2n) is 5.71. The number of halogens is 2. The molecule has 0 radical (unpaired) electrons. The lowest BCUT2D eigenvalue weighted by atomic mass is 10.2. The van der Waals surface area contributed by atoms with Crippen molar-refractivity contribution in [1.82, 2.24) is 0 Å². The zero-order chi connectivity index (χ0) is 21.0. The van der Waals surface area contributed by atoms with E-state index in [9.17, 15) is 24.1 Å². The average molecular weight is 419 g/mol. The molecule has 3 aromatic rings. The molecule has 0 saturated heterocycles. The van der Waals surface area contributed by atoms with E-state index in [0.29, 0.717) is 11.3 Å². The fraction of sp³-hybridized carbons (Fsp3) is 0.0526. The lowest BCUT2D eigenvalue weighted by Gasteiger charge is -2.06. The van der Waals surface area contributed by atoms with Gasteiger partial charge in [0.05, 0.1) is 4.92 Å². The molecule has 29 heavy (non-hydrogen) atoms. The van der Waals surface area contributed by atoms with Gasteiger partial charge in [-0.25, -0.2) is 9.18 Å². The Hall–Kier alpha value is -3.72. The van der Waals surface area contributed by atoms with Gasteiger partial charge in [-0.05, 0) is 48.5 Å². The molecule has 1 N–H and O–H groups in total. The average Bonchev–Trinajstić information content (AvgIpc) is 3.18. The van der Waals surface area contributed by atoms with E-state index < -0.39 is 34.9 Å². The Bertz CT molecular complexity index is 1080. The Balaban J connectivity index is 1.60. The number of nitro groups is 1. The number of rotatable bonds is 6. The number of hydrogen-bond donors (Lipinski definition) is 1. The van der Waals surface area contributed by atoms with E-state index in [1.165, 1.54) is 48.5 Å². The third-order valence-electron chi connectivity index (χ3n) is 3.70. The van der Waals surface area contributed by atoms with Gasteiger partial charge in [0.1, 0.15) is 17.3 Å². The fourth-order valence-electron chi connectivity index (χ4n) is 2.37. The lowest BCUT2D eigenvalue weighted by molar-refractivity contribution is -0.383. The van der Waals surface area contributed by atoms with Crippen molar-refractivity contribution in [3.05, 3.63) is 81.3 Å². The molecular weight excluding hydrogens is 407 g/mol. The molecule has 0 aliphatic carbocycles. The van der Waals surface area contributed by atoms with Crippen LogP contribution >= 0.6 is 11.6 Å². The van der Waals surface area contributed by atoms with Crippen LogP contribution in [0.1, 0.15) is 10.6 Å². The predicted octanol–water partition coefficient (Wildman–Crippen LogP) is 4.44. The van der Waals surface area contributed by atoms with Gasteiger partial charge in [-0.1, -0.05) is 11.6 Å². The van der Waals surface area contributed by atoms with Crippen LogP contribution in [-0.2, 0) is 9.53 Å². The number of ether oxygens (including phenoxy) is 1. The maximum absolute atomic E-state index is 13.0. The highest BCUT2D eigenvalue weighted by Gasteiger charge is 2.19. The molecule has 10 heteroatoms. The minimum Gasteiger partial charge on any atom is -0.450 e. The molecule has 1 aromatic heterocycles. The predicted molar refractivity (Wildman–Crippen MR) is 101 cm³/mol. The SMILES string of the molecule is O=C(COC(=O)c1ccc(-c2ccc(F)cc2)o1)Nc1ccc(Cl)cc1[N+](=O)[O-]. The van der Waals surface area contributed by atoms with Crippen LogP contribution in [0, 0.1) is 15.9 Å². The summed E-state index contributed by atoms with van der Waals surface area (Å²) in [6.07, 6.45) is 0. The Morgan fingerprint density at radius 1 is 1.14 bits per heavy atom. The first-order valence-electron chi connectivity index (χ1n) is 8.10. The maximum Gasteiger partial charge on any atom is 0.374 e. The number of esters is 1. The van der Waals surface area contributed by atoms with Crippen LogP contribution in [0.2, 0.25) is 5.02 Å². The Morgan fingerprint density at radius 2 is 1.86 bits per heavy atom. The molecule has 0 aliphatic rings. The smallest absolute Gasteiger partial charge is 0.374 e. The first-order valence-corrected chi connectivity index (χ1v) is 8.48. The summed E-state index contributed by atoms with van der Waals surface area (Å²) in [6.45, 7) is -0.689. The normalized spacial score (nSPS) is 10.4. The van der Waals surface area contributed by atoms with Gasteiger partial charge >= 0.3 is 5.97 Å². The summed E-state index contributed by atoms with van der Waals surface area (Å²) in [5.41, 5.74) is 0.0717.